The molecule has 0 spiro atoms. The normalized spacial score (nSPS) is 13.8. The summed E-state index contributed by atoms with van der Waals surface area (Å²) < 4.78 is 11.0. The Kier molecular flexibility index (Phi) is 4.37. The highest BCUT2D eigenvalue weighted by Gasteiger charge is 2.34. The van der Waals surface area contributed by atoms with Crippen LogP contribution in [0.25, 0.3) is 11.3 Å². The van der Waals surface area contributed by atoms with Crippen LogP contribution >= 0.6 is 0 Å². The molecule has 1 aliphatic carbocycles. The molecule has 1 saturated carbocycles. The topological polar surface area (TPSA) is 59.5 Å². The van der Waals surface area contributed by atoms with Crippen LogP contribution in [0.15, 0.2) is 51.6 Å². The molecule has 1 aliphatic rings. The van der Waals surface area contributed by atoms with Gasteiger partial charge in [0.05, 0.1) is 19.4 Å². The third kappa shape index (κ3) is 3.57. The van der Waals surface area contributed by atoms with Gasteiger partial charge in [0.2, 0.25) is 5.91 Å². The summed E-state index contributed by atoms with van der Waals surface area (Å²) in [6, 6.07) is 11.9. The number of rotatable bonds is 6. The molecule has 134 valence electrons. The number of hydrogen-bond donors (Lipinski definition) is 0. The predicted molar refractivity (Wildman–Crippen MR) is 97.1 cm³/mol. The van der Waals surface area contributed by atoms with Gasteiger partial charge in [-0.25, -0.2) is 0 Å². The monoisotopic (exact) mass is 350 g/mol. The van der Waals surface area contributed by atoms with Crippen molar-refractivity contribution in [2.75, 3.05) is 0 Å². The van der Waals surface area contributed by atoms with Gasteiger partial charge < -0.3 is 13.8 Å². The fourth-order valence-electron chi connectivity index (χ4n) is 3.19. The summed E-state index contributed by atoms with van der Waals surface area (Å²) in [5.41, 5.74) is 4.14. The average Bonchev–Trinajstić information content (AvgIpc) is 3.14. The van der Waals surface area contributed by atoms with Crippen molar-refractivity contribution in [3.63, 3.8) is 0 Å². The molecular weight excluding hydrogens is 328 g/mol. The highest BCUT2D eigenvalue weighted by atomic mass is 16.5. The number of aryl methyl sites for hydroxylation is 2. The van der Waals surface area contributed by atoms with Gasteiger partial charge >= 0.3 is 0 Å². The first-order chi connectivity index (χ1) is 12.6. The first kappa shape index (κ1) is 16.6. The molecule has 1 fully saturated rings. The molecule has 1 aromatic carbocycles. The summed E-state index contributed by atoms with van der Waals surface area (Å²) in [5, 5.41) is 4.19. The number of aromatic nitrogens is 1. The predicted octanol–water partition coefficient (Wildman–Crippen LogP) is 4.49. The van der Waals surface area contributed by atoms with Crippen LogP contribution in [0, 0.1) is 19.8 Å². The molecule has 0 aliphatic heterocycles. The van der Waals surface area contributed by atoms with Gasteiger partial charge in [0.1, 0.15) is 11.5 Å². The summed E-state index contributed by atoms with van der Waals surface area (Å²) in [4.78, 5) is 14.4. The van der Waals surface area contributed by atoms with Gasteiger partial charge in [-0.15, -0.1) is 0 Å². The van der Waals surface area contributed by atoms with E-state index in [1.165, 1.54) is 5.56 Å². The lowest BCUT2D eigenvalue weighted by molar-refractivity contribution is -0.134. The molecule has 5 nitrogen and oxygen atoms in total. The zero-order chi connectivity index (χ0) is 18.1. The van der Waals surface area contributed by atoms with E-state index in [2.05, 4.69) is 31.1 Å². The van der Waals surface area contributed by atoms with Crippen molar-refractivity contribution in [2.24, 2.45) is 5.92 Å². The smallest absolute Gasteiger partial charge is 0.226 e. The summed E-state index contributed by atoms with van der Waals surface area (Å²) in [5.74, 6) is 1.82. The lowest BCUT2D eigenvalue weighted by atomic mass is 10.0. The van der Waals surface area contributed by atoms with E-state index in [0.717, 1.165) is 41.2 Å². The van der Waals surface area contributed by atoms with Gasteiger partial charge in [-0.1, -0.05) is 28.9 Å². The van der Waals surface area contributed by atoms with Crippen LogP contribution < -0.4 is 0 Å². The van der Waals surface area contributed by atoms with Crippen molar-refractivity contribution in [3.05, 3.63) is 65.2 Å². The Balaban J connectivity index is 1.54. The van der Waals surface area contributed by atoms with E-state index >= 15 is 0 Å². The summed E-state index contributed by atoms with van der Waals surface area (Å²) >= 11 is 0. The second-order valence-corrected chi connectivity index (χ2v) is 7.05. The lowest BCUT2D eigenvalue weighted by Crippen LogP contribution is -2.31. The van der Waals surface area contributed by atoms with Crippen LogP contribution in [0.5, 0.6) is 0 Å². The zero-order valence-electron chi connectivity index (χ0n) is 15.1. The molecule has 0 unspecified atom stereocenters. The largest absolute Gasteiger partial charge is 0.467 e. The molecule has 0 atom stereocenters. The SMILES string of the molecule is Cc1ccc(-c2cc(CN(Cc3ccco3)C(=O)C3CC3)no2)c(C)c1. The van der Waals surface area contributed by atoms with Crippen molar-refractivity contribution in [1.82, 2.24) is 10.1 Å². The second kappa shape index (κ2) is 6.83. The minimum Gasteiger partial charge on any atom is -0.467 e. The van der Waals surface area contributed by atoms with E-state index in [-0.39, 0.29) is 11.8 Å². The van der Waals surface area contributed by atoms with Gasteiger partial charge in [0, 0.05) is 17.5 Å². The highest BCUT2D eigenvalue weighted by molar-refractivity contribution is 5.81. The van der Waals surface area contributed by atoms with Crippen molar-refractivity contribution in [1.29, 1.82) is 0 Å². The van der Waals surface area contributed by atoms with E-state index < -0.39 is 0 Å². The van der Waals surface area contributed by atoms with E-state index in [4.69, 9.17) is 8.94 Å². The lowest BCUT2D eigenvalue weighted by Gasteiger charge is -2.20. The molecule has 0 bridgehead atoms. The maximum Gasteiger partial charge on any atom is 0.226 e. The number of nitrogens with zero attached hydrogens (tertiary/aromatic N) is 2. The molecule has 0 radical (unpaired) electrons. The summed E-state index contributed by atoms with van der Waals surface area (Å²) in [7, 11) is 0. The van der Waals surface area contributed by atoms with Crippen LogP contribution in [0.1, 0.15) is 35.4 Å². The molecule has 0 saturated heterocycles. The highest BCUT2D eigenvalue weighted by Crippen LogP contribution is 2.32. The van der Waals surface area contributed by atoms with Gasteiger partial charge in [-0.3, -0.25) is 4.79 Å². The molecule has 2 heterocycles. The van der Waals surface area contributed by atoms with Crippen molar-refractivity contribution in [2.45, 2.75) is 39.8 Å². The molecule has 4 rings (SSSR count). The van der Waals surface area contributed by atoms with Crippen molar-refractivity contribution in [3.8, 4) is 11.3 Å². The summed E-state index contributed by atoms with van der Waals surface area (Å²) in [6.45, 7) is 5.00. The Morgan fingerprint density at radius 3 is 2.73 bits per heavy atom. The molecule has 0 N–H and O–H groups in total. The minimum atomic E-state index is 0.149. The number of carbonyl (C=O) groups excluding carboxylic acids is 1. The Morgan fingerprint density at radius 1 is 1.19 bits per heavy atom. The molecule has 26 heavy (non-hydrogen) atoms. The first-order valence-corrected chi connectivity index (χ1v) is 8.94. The minimum absolute atomic E-state index is 0.149. The molecule has 2 aromatic heterocycles. The van der Waals surface area contributed by atoms with Crippen molar-refractivity contribution < 1.29 is 13.7 Å². The molecule has 3 aromatic rings. The summed E-state index contributed by atoms with van der Waals surface area (Å²) in [6.07, 6.45) is 3.57. The fraction of sp³-hybridized carbons (Fsp3) is 0.333. The quantitative estimate of drug-likeness (QED) is 0.657. The van der Waals surface area contributed by atoms with E-state index in [1.807, 2.05) is 24.3 Å². The average molecular weight is 350 g/mol. The van der Waals surface area contributed by atoms with Crippen molar-refractivity contribution >= 4 is 5.91 Å². The molecule has 1 amide bonds. The molecule has 5 heteroatoms. The van der Waals surface area contributed by atoms with Crippen LogP contribution in [-0.2, 0) is 17.9 Å². The first-order valence-electron chi connectivity index (χ1n) is 8.94. The third-order valence-corrected chi connectivity index (χ3v) is 4.72. The Morgan fingerprint density at radius 2 is 2.04 bits per heavy atom. The third-order valence-electron chi connectivity index (χ3n) is 4.72. The van der Waals surface area contributed by atoms with Gasteiger partial charge in [0.15, 0.2) is 5.76 Å². The maximum atomic E-state index is 12.6. The van der Waals surface area contributed by atoms with Gasteiger partial charge in [-0.05, 0) is 44.4 Å². The van der Waals surface area contributed by atoms with Crippen LogP contribution in [0.3, 0.4) is 0 Å². The Bertz CT molecular complexity index is 907. The van der Waals surface area contributed by atoms with Gasteiger partial charge in [-0.2, -0.15) is 0 Å². The number of carbonyl (C=O) groups is 1. The van der Waals surface area contributed by atoms with Gasteiger partial charge in [0.25, 0.3) is 0 Å². The van der Waals surface area contributed by atoms with Crippen LogP contribution in [0.2, 0.25) is 0 Å². The second-order valence-electron chi connectivity index (χ2n) is 7.05. The zero-order valence-corrected chi connectivity index (χ0v) is 15.1. The number of furan rings is 1. The number of amides is 1. The van der Waals surface area contributed by atoms with E-state index in [9.17, 15) is 4.79 Å². The van der Waals surface area contributed by atoms with E-state index in [0.29, 0.717) is 13.1 Å². The number of benzene rings is 1. The van der Waals surface area contributed by atoms with Crippen LogP contribution in [0.4, 0.5) is 0 Å². The molecular formula is C21H22N2O3. The van der Waals surface area contributed by atoms with Crippen LogP contribution in [-0.4, -0.2) is 16.0 Å². The van der Waals surface area contributed by atoms with E-state index in [1.54, 1.807) is 11.2 Å². The maximum absolute atomic E-state index is 12.6. The Hall–Kier alpha value is -2.82. The standard InChI is InChI=1S/C21H22N2O3/c1-14-5-8-19(15(2)10-14)20-11-17(22-26-20)12-23(21(24)16-6-7-16)13-18-4-3-9-25-18/h3-5,8-11,16H,6-7,12-13H2,1-2H3. The fourth-order valence-corrected chi connectivity index (χ4v) is 3.19. The number of hydrogen-bond acceptors (Lipinski definition) is 4. The Labute approximate surface area is 152 Å².